The first kappa shape index (κ1) is 9.36. The van der Waals surface area contributed by atoms with Gasteiger partial charge in [0.2, 0.25) is 0 Å². The van der Waals surface area contributed by atoms with E-state index in [2.05, 4.69) is 12.2 Å². The lowest BCUT2D eigenvalue weighted by Gasteiger charge is -2.15. The summed E-state index contributed by atoms with van der Waals surface area (Å²) in [6, 6.07) is 0.0524. The molecule has 3 heteroatoms. The Balaban J connectivity index is 2.10. The van der Waals surface area contributed by atoms with Crippen LogP contribution in [0, 0.1) is 11.8 Å². The first-order chi connectivity index (χ1) is 5.65. The van der Waals surface area contributed by atoms with Gasteiger partial charge in [-0.25, -0.2) is 4.79 Å². The molecule has 0 heterocycles. The number of carbonyl (C=O) groups excluding carboxylic acids is 1. The fourth-order valence-electron chi connectivity index (χ4n) is 1.18. The maximum Gasteiger partial charge on any atom is 0.317 e. The number of rotatable bonds is 3. The molecule has 0 aliphatic heterocycles. The van der Waals surface area contributed by atoms with Gasteiger partial charge in [-0.2, -0.15) is 0 Å². The van der Waals surface area contributed by atoms with Gasteiger partial charge in [0, 0.05) is 20.1 Å². The average molecular weight is 170 g/mol. The van der Waals surface area contributed by atoms with E-state index >= 15 is 0 Å². The predicted octanol–water partition coefficient (Wildman–Crippen LogP) is 1.30. The molecule has 0 aromatic heterocycles. The Morgan fingerprint density at radius 2 is 2.25 bits per heavy atom. The highest BCUT2D eigenvalue weighted by atomic mass is 16.2. The average Bonchev–Trinajstić information content (AvgIpc) is 2.76. The van der Waals surface area contributed by atoms with E-state index in [0.29, 0.717) is 0 Å². The second kappa shape index (κ2) is 3.78. The van der Waals surface area contributed by atoms with E-state index < -0.39 is 0 Å². The smallest absolute Gasteiger partial charge is 0.317 e. The lowest BCUT2D eigenvalue weighted by atomic mass is 10.3. The van der Waals surface area contributed by atoms with Crippen LogP contribution in [0.1, 0.15) is 20.3 Å². The molecule has 1 saturated carbocycles. The van der Waals surface area contributed by atoms with Crippen LogP contribution in [0.2, 0.25) is 0 Å². The number of urea groups is 1. The van der Waals surface area contributed by atoms with Crippen LogP contribution in [-0.4, -0.2) is 31.1 Å². The normalized spacial score (nSPS) is 26.6. The van der Waals surface area contributed by atoms with E-state index in [1.807, 2.05) is 14.0 Å². The van der Waals surface area contributed by atoms with Gasteiger partial charge >= 0.3 is 6.03 Å². The highest BCUT2D eigenvalue weighted by molar-refractivity contribution is 5.73. The summed E-state index contributed by atoms with van der Waals surface area (Å²) in [4.78, 5) is 12.9. The number of amides is 2. The zero-order valence-corrected chi connectivity index (χ0v) is 8.13. The van der Waals surface area contributed by atoms with Crippen LogP contribution in [-0.2, 0) is 0 Å². The molecule has 0 saturated heterocycles. The minimum absolute atomic E-state index is 0.0524. The summed E-state index contributed by atoms with van der Waals surface area (Å²) in [6.45, 7) is 5.82. The van der Waals surface area contributed by atoms with E-state index in [1.165, 1.54) is 6.42 Å². The van der Waals surface area contributed by atoms with Gasteiger partial charge in [0.1, 0.15) is 0 Å². The summed E-state index contributed by atoms with van der Waals surface area (Å²) < 4.78 is 0. The zero-order chi connectivity index (χ0) is 9.14. The van der Waals surface area contributed by atoms with Crippen molar-refractivity contribution in [1.82, 2.24) is 10.2 Å². The van der Waals surface area contributed by atoms with Crippen molar-refractivity contribution in [1.29, 1.82) is 0 Å². The largest absolute Gasteiger partial charge is 0.338 e. The molecular formula is C9H18N2O. The van der Waals surface area contributed by atoms with E-state index in [9.17, 15) is 4.79 Å². The van der Waals surface area contributed by atoms with Gasteiger partial charge in [-0.15, -0.1) is 0 Å². The summed E-state index contributed by atoms with van der Waals surface area (Å²) in [5.41, 5.74) is 0. The monoisotopic (exact) mass is 170 g/mol. The van der Waals surface area contributed by atoms with E-state index in [-0.39, 0.29) is 6.03 Å². The maximum absolute atomic E-state index is 11.2. The molecule has 0 spiro atoms. The Morgan fingerprint density at radius 3 is 2.67 bits per heavy atom. The van der Waals surface area contributed by atoms with Gasteiger partial charge in [0.15, 0.2) is 0 Å². The lowest BCUT2D eigenvalue weighted by Crippen LogP contribution is -2.38. The lowest BCUT2D eigenvalue weighted by molar-refractivity contribution is 0.210. The third kappa shape index (κ3) is 2.40. The van der Waals surface area contributed by atoms with Gasteiger partial charge in [0.05, 0.1) is 0 Å². The Kier molecular flexibility index (Phi) is 2.95. The number of hydrogen-bond donors (Lipinski definition) is 1. The van der Waals surface area contributed by atoms with Gasteiger partial charge in [-0.1, -0.05) is 6.92 Å². The summed E-state index contributed by atoms with van der Waals surface area (Å²) in [7, 11) is 1.81. The fourth-order valence-corrected chi connectivity index (χ4v) is 1.18. The van der Waals surface area contributed by atoms with Crippen molar-refractivity contribution >= 4 is 6.03 Å². The number of nitrogens with one attached hydrogen (secondary N) is 1. The SMILES string of the molecule is CCN(C)C(=O)NCC1CC1C. The molecule has 70 valence electrons. The van der Waals surface area contributed by atoms with Gasteiger partial charge in [-0.05, 0) is 25.2 Å². The Hall–Kier alpha value is -0.730. The third-order valence-electron chi connectivity index (χ3n) is 2.61. The number of hydrogen-bond acceptors (Lipinski definition) is 1. The second-order valence-electron chi connectivity index (χ2n) is 3.67. The molecule has 2 unspecified atom stereocenters. The van der Waals surface area contributed by atoms with E-state index in [4.69, 9.17) is 0 Å². The standard InChI is InChI=1S/C9H18N2O/c1-4-11(3)9(12)10-6-8-5-7(8)2/h7-8H,4-6H2,1-3H3,(H,10,12). The van der Waals surface area contributed by atoms with Crippen LogP contribution >= 0.6 is 0 Å². The molecule has 2 amide bonds. The molecule has 1 aliphatic rings. The first-order valence-corrected chi connectivity index (χ1v) is 4.64. The van der Waals surface area contributed by atoms with Crippen molar-refractivity contribution in [2.24, 2.45) is 11.8 Å². The quantitative estimate of drug-likeness (QED) is 0.680. The topological polar surface area (TPSA) is 32.3 Å². The number of carbonyl (C=O) groups is 1. The summed E-state index contributed by atoms with van der Waals surface area (Å²) in [6.07, 6.45) is 1.27. The molecular weight excluding hydrogens is 152 g/mol. The zero-order valence-electron chi connectivity index (χ0n) is 8.13. The van der Waals surface area contributed by atoms with Crippen LogP contribution in [0.25, 0.3) is 0 Å². The van der Waals surface area contributed by atoms with Crippen molar-refractivity contribution in [3.63, 3.8) is 0 Å². The van der Waals surface area contributed by atoms with Crippen molar-refractivity contribution in [3.8, 4) is 0 Å². The molecule has 1 rings (SSSR count). The van der Waals surface area contributed by atoms with Gasteiger partial charge < -0.3 is 10.2 Å². The second-order valence-corrected chi connectivity index (χ2v) is 3.67. The Bertz CT molecular complexity index is 170. The molecule has 1 N–H and O–H groups in total. The molecule has 2 atom stereocenters. The molecule has 3 nitrogen and oxygen atoms in total. The predicted molar refractivity (Wildman–Crippen MR) is 49.0 cm³/mol. The molecule has 0 aromatic rings. The van der Waals surface area contributed by atoms with Gasteiger partial charge in [0.25, 0.3) is 0 Å². The highest BCUT2D eigenvalue weighted by Gasteiger charge is 2.32. The van der Waals surface area contributed by atoms with E-state index in [1.54, 1.807) is 4.90 Å². The van der Waals surface area contributed by atoms with Crippen molar-refractivity contribution in [3.05, 3.63) is 0 Å². The third-order valence-corrected chi connectivity index (χ3v) is 2.61. The minimum Gasteiger partial charge on any atom is -0.338 e. The van der Waals surface area contributed by atoms with Crippen LogP contribution in [0.3, 0.4) is 0 Å². The van der Waals surface area contributed by atoms with Crippen molar-refractivity contribution in [2.45, 2.75) is 20.3 Å². The van der Waals surface area contributed by atoms with Gasteiger partial charge in [-0.3, -0.25) is 0 Å². The van der Waals surface area contributed by atoms with Crippen LogP contribution < -0.4 is 5.32 Å². The van der Waals surface area contributed by atoms with Crippen molar-refractivity contribution in [2.75, 3.05) is 20.1 Å². The summed E-state index contributed by atoms with van der Waals surface area (Å²) >= 11 is 0. The first-order valence-electron chi connectivity index (χ1n) is 4.64. The molecule has 1 fully saturated rings. The molecule has 0 radical (unpaired) electrons. The van der Waals surface area contributed by atoms with E-state index in [0.717, 1.165) is 24.9 Å². The number of nitrogens with zero attached hydrogens (tertiary/aromatic N) is 1. The maximum atomic E-state index is 11.2. The molecule has 0 aromatic carbocycles. The van der Waals surface area contributed by atoms with Crippen LogP contribution in [0.15, 0.2) is 0 Å². The fraction of sp³-hybridized carbons (Fsp3) is 0.889. The highest BCUT2D eigenvalue weighted by Crippen LogP contribution is 2.36. The Morgan fingerprint density at radius 1 is 1.67 bits per heavy atom. The van der Waals surface area contributed by atoms with Crippen molar-refractivity contribution < 1.29 is 4.79 Å². The molecule has 12 heavy (non-hydrogen) atoms. The summed E-state index contributed by atoms with van der Waals surface area (Å²) in [5.74, 6) is 1.55. The Labute approximate surface area is 74.1 Å². The molecule has 1 aliphatic carbocycles. The minimum atomic E-state index is 0.0524. The van der Waals surface area contributed by atoms with Crippen LogP contribution in [0.5, 0.6) is 0 Å². The summed E-state index contributed by atoms with van der Waals surface area (Å²) in [5, 5.41) is 2.91. The van der Waals surface area contributed by atoms with Crippen LogP contribution in [0.4, 0.5) is 4.79 Å². The molecule has 0 bridgehead atoms.